The van der Waals surface area contributed by atoms with Crippen LogP contribution in [0, 0.1) is 11.2 Å². The van der Waals surface area contributed by atoms with Crippen LogP contribution in [0.1, 0.15) is 52.9 Å². The van der Waals surface area contributed by atoms with Crippen molar-refractivity contribution < 1.29 is 14.0 Å². The molecule has 2 saturated heterocycles. The van der Waals surface area contributed by atoms with Crippen molar-refractivity contribution >= 4 is 17.6 Å². The number of carbonyl (C=O) groups is 2. The Morgan fingerprint density at radius 1 is 1.12 bits per heavy atom. The summed E-state index contributed by atoms with van der Waals surface area (Å²) in [6, 6.07) is 6.22. The Morgan fingerprint density at radius 3 is 2.31 bits per heavy atom. The van der Waals surface area contributed by atoms with Gasteiger partial charge in [-0.2, -0.15) is 0 Å². The molecule has 0 saturated carbocycles. The smallest absolute Gasteiger partial charge is 0.322 e. The molecule has 1 aromatic rings. The number of hydrogen-bond donors (Lipinski definition) is 2. The molecule has 0 aliphatic carbocycles. The summed E-state index contributed by atoms with van der Waals surface area (Å²) in [6.07, 6.45) is 4.43. The van der Waals surface area contributed by atoms with Gasteiger partial charge in [-0.15, -0.1) is 0 Å². The molecule has 3 atom stereocenters. The fourth-order valence-corrected chi connectivity index (χ4v) is 3.98. The van der Waals surface area contributed by atoms with Crippen LogP contribution in [-0.2, 0) is 4.79 Å². The number of rotatable bonds is 2. The van der Waals surface area contributed by atoms with Crippen LogP contribution in [-0.4, -0.2) is 35.0 Å². The molecule has 2 heterocycles. The van der Waals surface area contributed by atoms with Crippen LogP contribution in [0.3, 0.4) is 0 Å². The minimum atomic E-state index is -0.432. The van der Waals surface area contributed by atoms with E-state index in [4.69, 9.17) is 0 Å². The van der Waals surface area contributed by atoms with Crippen molar-refractivity contribution in [2.45, 2.75) is 71.0 Å². The predicted octanol–water partition coefficient (Wildman–Crippen LogP) is 3.91. The van der Waals surface area contributed by atoms with E-state index in [-0.39, 0.29) is 35.8 Å². The lowest BCUT2D eigenvalue weighted by Crippen LogP contribution is -2.60. The summed E-state index contributed by atoms with van der Waals surface area (Å²) in [6.45, 7) is 5.71. The second kappa shape index (κ2) is 7.25. The lowest BCUT2D eigenvalue weighted by molar-refractivity contribution is -0.129. The number of para-hydroxylation sites is 1. The van der Waals surface area contributed by atoms with Crippen LogP contribution in [0.15, 0.2) is 24.3 Å². The van der Waals surface area contributed by atoms with Crippen molar-refractivity contribution in [2.75, 3.05) is 5.32 Å². The van der Waals surface area contributed by atoms with E-state index in [1.165, 1.54) is 6.07 Å². The molecule has 3 rings (SSSR count). The molecule has 2 fully saturated rings. The first-order valence-electron chi connectivity index (χ1n) is 9.40. The lowest BCUT2D eigenvalue weighted by Gasteiger charge is -2.49. The highest BCUT2D eigenvalue weighted by Gasteiger charge is 2.42. The van der Waals surface area contributed by atoms with Crippen LogP contribution < -0.4 is 10.6 Å². The Labute approximate surface area is 154 Å². The molecule has 0 radical (unpaired) electrons. The number of piperidine rings is 2. The number of carbonyl (C=O) groups excluding carboxylic acids is 2. The van der Waals surface area contributed by atoms with Crippen LogP contribution in [0.25, 0.3) is 0 Å². The topological polar surface area (TPSA) is 61.4 Å². The van der Waals surface area contributed by atoms with Crippen molar-refractivity contribution in [1.29, 1.82) is 0 Å². The summed E-state index contributed by atoms with van der Waals surface area (Å²) in [4.78, 5) is 27.0. The molecule has 5 nitrogen and oxygen atoms in total. The molecular weight excluding hydrogens is 333 g/mol. The van der Waals surface area contributed by atoms with Gasteiger partial charge in [0.15, 0.2) is 0 Å². The third kappa shape index (κ3) is 4.00. The van der Waals surface area contributed by atoms with E-state index in [1.807, 2.05) is 25.7 Å². The van der Waals surface area contributed by atoms with E-state index in [9.17, 15) is 14.0 Å². The number of hydrogen-bond acceptors (Lipinski definition) is 2. The van der Waals surface area contributed by atoms with Gasteiger partial charge in [-0.1, -0.05) is 32.9 Å². The summed E-state index contributed by atoms with van der Waals surface area (Å²) < 4.78 is 13.8. The minimum absolute atomic E-state index is 0.0461. The maximum atomic E-state index is 13.8. The third-order valence-electron chi connectivity index (χ3n) is 5.34. The fraction of sp³-hybridized carbons (Fsp3) is 0.600. The van der Waals surface area contributed by atoms with Crippen LogP contribution in [0.5, 0.6) is 0 Å². The molecule has 26 heavy (non-hydrogen) atoms. The maximum Gasteiger partial charge on any atom is 0.322 e. The van der Waals surface area contributed by atoms with E-state index in [0.29, 0.717) is 0 Å². The summed E-state index contributed by atoms with van der Waals surface area (Å²) in [5.41, 5.74) is -0.215. The average molecular weight is 361 g/mol. The van der Waals surface area contributed by atoms with E-state index in [2.05, 4.69) is 10.6 Å². The SMILES string of the molecule is CC(C)(C)C(=O)NC1C[C@H]2CCC[C@@H](C1)N2C(=O)Nc1ccccc1F. The lowest BCUT2D eigenvalue weighted by atomic mass is 9.81. The molecule has 0 spiro atoms. The van der Waals surface area contributed by atoms with Crippen molar-refractivity contribution in [2.24, 2.45) is 5.41 Å². The van der Waals surface area contributed by atoms with Crippen LogP contribution in [0.2, 0.25) is 0 Å². The van der Waals surface area contributed by atoms with Crippen LogP contribution in [0.4, 0.5) is 14.9 Å². The van der Waals surface area contributed by atoms with Crippen molar-refractivity contribution in [3.63, 3.8) is 0 Å². The Morgan fingerprint density at radius 2 is 1.73 bits per heavy atom. The molecule has 2 aliphatic heterocycles. The molecule has 2 aliphatic rings. The number of anilines is 1. The molecule has 142 valence electrons. The highest BCUT2D eigenvalue weighted by atomic mass is 19.1. The summed E-state index contributed by atoms with van der Waals surface area (Å²) >= 11 is 0. The number of nitrogens with one attached hydrogen (secondary N) is 2. The minimum Gasteiger partial charge on any atom is -0.353 e. The first-order valence-corrected chi connectivity index (χ1v) is 9.40. The standard InChI is InChI=1S/C20H28FN3O2/c1-20(2,3)18(25)22-13-11-14-7-6-8-15(12-13)24(14)19(26)23-17-10-5-4-9-16(17)21/h4-5,9-10,13-15H,6-8,11-12H2,1-3H3,(H,22,25)(H,23,26)/t13?,14-,15+. The van der Waals surface area contributed by atoms with Crippen LogP contribution >= 0.6 is 0 Å². The molecule has 2 bridgehead atoms. The predicted molar refractivity (Wildman–Crippen MR) is 99.3 cm³/mol. The number of nitrogens with zero attached hydrogens (tertiary/aromatic N) is 1. The van der Waals surface area contributed by atoms with E-state index in [1.54, 1.807) is 18.2 Å². The van der Waals surface area contributed by atoms with Gasteiger partial charge >= 0.3 is 6.03 Å². The molecule has 0 aromatic heterocycles. The molecule has 1 unspecified atom stereocenters. The Bertz CT molecular complexity index is 672. The second-order valence-corrected chi connectivity index (χ2v) is 8.45. The van der Waals surface area contributed by atoms with Gasteiger partial charge in [0.2, 0.25) is 5.91 Å². The molecular formula is C20H28FN3O2. The van der Waals surface area contributed by atoms with Gasteiger partial charge in [0, 0.05) is 23.5 Å². The van der Waals surface area contributed by atoms with Gasteiger partial charge in [-0.05, 0) is 44.2 Å². The number of fused-ring (bicyclic) bond motifs is 2. The number of benzene rings is 1. The average Bonchev–Trinajstić information content (AvgIpc) is 2.55. The number of amides is 3. The number of urea groups is 1. The zero-order chi connectivity index (χ0) is 18.9. The van der Waals surface area contributed by atoms with Gasteiger partial charge in [0.05, 0.1) is 5.69 Å². The molecule has 2 N–H and O–H groups in total. The zero-order valence-electron chi connectivity index (χ0n) is 15.7. The van der Waals surface area contributed by atoms with Gasteiger partial charge in [-0.25, -0.2) is 9.18 Å². The number of halogens is 1. The second-order valence-electron chi connectivity index (χ2n) is 8.45. The maximum absolute atomic E-state index is 13.8. The zero-order valence-corrected chi connectivity index (χ0v) is 15.7. The quantitative estimate of drug-likeness (QED) is 0.839. The van der Waals surface area contributed by atoms with E-state index in [0.717, 1.165) is 32.1 Å². The molecule has 6 heteroatoms. The first kappa shape index (κ1) is 18.7. The molecule has 1 aromatic carbocycles. The summed E-state index contributed by atoms with van der Waals surface area (Å²) in [5.74, 6) is -0.386. The van der Waals surface area contributed by atoms with Gasteiger partial charge in [0.1, 0.15) is 5.82 Å². The largest absolute Gasteiger partial charge is 0.353 e. The van der Waals surface area contributed by atoms with Gasteiger partial charge in [-0.3, -0.25) is 4.79 Å². The Balaban J connectivity index is 1.68. The van der Waals surface area contributed by atoms with Gasteiger partial charge < -0.3 is 15.5 Å². The molecule has 3 amide bonds. The Hall–Kier alpha value is -2.11. The third-order valence-corrected chi connectivity index (χ3v) is 5.34. The fourth-order valence-electron chi connectivity index (χ4n) is 3.98. The summed E-state index contributed by atoms with van der Waals surface area (Å²) in [7, 11) is 0. The highest BCUT2D eigenvalue weighted by Crippen LogP contribution is 2.35. The first-order chi connectivity index (χ1) is 12.3. The van der Waals surface area contributed by atoms with E-state index >= 15 is 0 Å². The Kier molecular flexibility index (Phi) is 5.21. The normalized spacial score (nSPS) is 25.5. The van der Waals surface area contributed by atoms with Gasteiger partial charge in [0.25, 0.3) is 0 Å². The summed E-state index contributed by atoms with van der Waals surface area (Å²) in [5, 5.41) is 5.86. The monoisotopic (exact) mass is 361 g/mol. The highest BCUT2D eigenvalue weighted by molar-refractivity contribution is 5.90. The van der Waals surface area contributed by atoms with Crippen molar-refractivity contribution in [1.82, 2.24) is 10.2 Å². The van der Waals surface area contributed by atoms with E-state index < -0.39 is 11.2 Å². The van der Waals surface area contributed by atoms with Crippen molar-refractivity contribution in [3.05, 3.63) is 30.1 Å². The van der Waals surface area contributed by atoms with Crippen molar-refractivity contribution in [3.8, 4) is 0 Å².